The van der Waals surface area contributed by atoms with Crippen LogP contribution in [0, 0.1) is 0 Å². The van der Waals surface area contributed by atoms with Crippen molar-refractivity contribution in [1.82, 2.24) is 25.2 Å². The molecule has 0 saturated carbocycles. The molecule has 4 saturated heterocycles. The lowest BCUT2D eigenvalue weighted by atomic mass is 9.95. The van der Waals surface area contributed by atoms with Crippen LogP contribution < -0.4 is 15.0 Å². The molecular formula is C25H30N6O3. The highest BCUT2D eigenvalue weighted by Gasteiger charge is 2.45. The second-order valence-corrected chi connectivity index (χ2v) is 10.3. The first-order valence-corrected chi connectivity index (χ1v) is 12.5. The van der Waals surface area contributed by atoms with Crippen LogP contribution >= 0.6 is 0 Å². The van der Waals surface area contributed by atoms with Gasteiger partial charge in [-0.15, -0.1) is 0 Å². The first-order chi connectivity index (χ1) is 16.6. The highest BCUT2D eigenvalue weighted by Crippen LogP contribution is 2.39. The predicted molar refractivity (Wildman–Crippen MR) is 127 cm³/mol. The van der Waals surface area contributed by atoms with E-state index in [2.05, 4.69) is 20.1 Å². The molecule has 4 aliphatic heterocycles. The molecule has 0 radical (unpaired) electrons. The van der Waals surface area contributed by atoms with Gasteiger partial charge in [0.25, 0.3) is 5.71 Å². The van der Waals surface area contributed by atoms with Crippen molar-refractivity contribution in [1.29, 1.82) is 0 Å². The zero-order chi connectivity index (χ0) is 22.7. The number of phenolic OH excluding ortho intramolecular Hbond substituents is 1. The third kappa shape index (κ3) is 3.41. The van der Waals surface area contributed by atoms with Crippen molar-refractivity contribution in [3.63, 3.8) is 0 Å². The summed E-state index contributed by atoms with van der Waals surface area (Å²) in [6, 6.07) is 8.23. The summed E-state index contributed by atoms with van der Waals surface area (Å²) in [7, 11) is 0. The van der Waals surface area contributed by atoms with E-state index in [1.54, 1.807) is 18.2 Å². The number of oxazole rings is 1. The average Bonchev–Trinajstić information content (AvgIpc) is 3.60. The number of ether oxygens (including phenoxy) is 1. The average molecular weight is 463 g/mol. The Bertz CT molecular complexity index is 1210. The van der Waals surface area contributed by atoms with Crippen LogP contribution in [-0.4, -0.2) is 75.4 Å². The maximum atomic E-state index is 9.93. The summed E-state index contributed by atoms with van der Waals surface area (Å²) in [6.45, 7) is 4.70. The second-order valence-electron chi connectivity index (χ2n) is 10.3. The Hall–Kier alpha value is -2.91. The molecule has 0 aliphatic carbocycles. The van der Waals surface area contributed by atoms with Gasteiger partial charge in [-0.25, -0.2) is 4.98 Å². The Labute approximate surface area is 198 Å². The fraction of sp³-hybridized carbons (Fsp3) is 0.560. The third-order valence-electron chi connectivity index (χ3n) is 8.11. The fourth-order valence-corrected chi connectivity index (χ4v) is 6.47. The van der Waals surface area contributed by atoms with Gasteiger partial charge in [-0.3, -0.25) is 4.90 Å². The maximum Gasteiger partial charge on any atom is 0.321 e. The molecule has 9 nitrogen and oxygen atoms in total. The molecule has 178 valence electrons. The van der Waals surface area contributed by atoms with Crippen LogP contribution in [-0.2, 0) is 0 Å². The van der Waals surface area contributed by atoms with Crippen LogP contribution in [0.2, 0.25) is 0 Å². The summed E-state index contributed by atoms with van der Waals surface area (Å²) >= 11 is 0. The van der Waals surface area contributed by atoms with E-state index in [0.717, 1.165) is 32.0 Å². The van der Waals surface area contributed by atoms with E-state index >= 15 is 0 Å². The first-order valence-electron chi connectivity index (χ1n) is 12.5. The number of benzene rings is 1. The largest absolute Gasteiger partial charge is 0.508 e. The molecule has 4 fully saturated rings. The molecule has 2 aromatic heterocycles. The lowest BCUT2D eigenvalue weighted by molar-refractivity contribution is 0.107. The van der Waals surface area contributed by atoms with E-state index in [0.29, 0.717) is 47.4 Å². The van der Waals surface area contributed by atoms with E-state index in [-0.39, 0.29) is 11.3 Å². The predicted octanol–water partition coefficient (Wildman–Crippen LogP) is 2.94. The number of rotatable bonds is 5. The summed E-state index contributed by atoms with van der Waals surface area (Å²) in [4.78, 5) is 19.2. The summed E-state index contributed by atoms with van der Waals surface area (Å²) in [6.07, 6.45) is 7.18. The summed E-state index contributed by atoms with van der Waals surface area (Å²) in [5.41, 5.74) is 1.91. The van der Waals surface area contributed by atoms with Crippen molar-refractivity contribution < 1.29 is 14.3 Å². The van der Waals surface area contributed by atoms with Gasteiger partial charge in [-0.05, 0) is 69.8 Å². The Balaban J connectivity index is 1.26. The number of nitrogens with one attached hydrogen (secondary N) is 1. The molecule has 6 heterocycles. The summed E-state index contributed by atoms with van der Waals surface area (Å²) < 4.78 is 12.4. The first kappa shape index (κ1) is 20.5. The molecule has 2 bridgehead atoms. The van der Waals surface area contributed by atoms with Crippen LogP contribution in [0.5, 0.6) is 11.8 Å². The number of hydrogen-bond donors (Lipinski definition) is 2. The van der Waals surface area contributed by atoms with E-state index in [1.807, 2.05) is 6.07 Å². The van der Waals surface area contributed by atoms with Crippen molar-refractivity contribution in [3.8, 4) is 23.2 Å². The van der Waals surface area contributed by atoms with Crippen molar-refractivity contribution >= 4 is 17.0 Å². The van der Waals surface area contributed by atoms with Gasteiger partial charge in [0.15, 0.2) is 11.3 Å². The lowest BCUT2D eigenvalue weighted by Crippen LogP contribution is -2.51. The Morgan fingerprint density at radius 1 is 1.09 bits per heavy atom. The van der Waals surface area contributed by atoms with Crippen LogP contribution in [0.25, 0.3) is 22.7 Å². The molecule has 0 spiro atoms. The molecule has 34 heavy (non-hydrogen) atoms. The summed E-state index contributed by atoms with van der Waals surface area (Å²) in [5, 5.41) is 13.6. The number of fused-ring (bicyclic) bond motifs is 4. The van der Waals surface area contributed by atoms with Gasteiger partial charge >= 0.3 is 6.01 Å². The van der Waals surface area contributed by atoms with E-state index in [1.165, 1.54) is 38.5 Å². The zero-order valence-corrected chi connectivity index (χ0v) is 19.2. The summed E-state index contributed by atoms with van der Waals surface area (Å²) in [5.74, 6) is 1.37. The van der Waals surface area contributed by atoms with Crippen LogP contribution in [0.4, 0.5) is 5.82 Å². The molecule has 4 aliphatic rings. The minimum absolute atomic E-state index is 0.126. The van der Waals surface area contributed by atoms with Crippen LogP contribution in [0.3, 0.4) is 0 Å². The van der Waals surface area contributed by atoms with Crippen LogP contribution in [0.1, 0.15) is 38.5 Å². The number of hydrogen-bond acceptors (Lipinski definition) is 9. The zero-order valence-electron chi connectivity index (χ0n) is 19.2. The third-order valence-corrected chi connectivity index (χ3v) is 8.11. The van der Waals surface area contributed by atoms with E-state index < -0.39 is 0 Å². The topological polar surface area (TPSA) is 99.8 Å². The minimum Gasteiger partial charge on any atom is -0.508 e. The molecule has 2 N–H and O–H groups in total. The SMILES string of the molecule is Oc1cccc(-c2nc3c(N4CC5CCC(C4)N5)nc(OCC45CCCN4CCC5)nc3o2)c1. The Kier molecular flexibility index (Phi) is 4.70. The standard InChI is InChI=1S/C25H30N6O3/c32-19-5-1-4-16(12-19)22-27-20-21(30-13-17-6-7-18(14-30)26-17)28-24(29-23(20)34-22)33-15-25-8-2-10-31(25)11-3-9-25/h1,4-5,12,17-18,26,32H,2-3,6-11,13-15H2. The van der Waals surface area contributed by atoms with Gasteiger partial charge in [0, 0.05) is 30.7 Å². The quantitative estimate of drug-likeness (QED) is 0.593. The number of aromatic hydroxyl groups is 1. The van der Waals surface area contributed by atoms with Crippen molar-refractivity contribution in [2.24, 2.45) is 0 Å². The molecule has 3 aromatic rings. The highest BCUT2D eigenvalue weighted by atomic mass is 16.5. The second kappa shape index (κ2) is 7.81. The number of anilines is 1. The number of nitrogens with zero attached hydrogens (tertiary/aromatic N) is 5. The lowest BCUT2D eigenvalue weighted by Gasteiger charge is -2.34. The van der Waals surface area contributed by atoms with Gasteiger partial charge < -0.3 is 24.5 Å². The van der Waals surface area contributed by atoms with Crippen LogP contribution in [0.15, 0.2) is 28.7 Å². The van der Waals surface area contributed by atoms with Crippen molar-refractivity contribution in [2.45, 2.75) is 56.1 Å². The molecule has 2 unspecified atom stereocenters. The molecule has 1 aromatic carbocycles. The Morgan fingerprint density at radius 3 is 2.65 bits per heavy atom. The monoisotopic (exact) mass is 462 g/mol. The van der Waals surface area contributed by atoms with Gasteiger partial charge in [-0.2, -0.15) is 9.97 Å². The number of piperazine rings is 1. The molecule has 2 atom stereocenters. The van der Waals surface area contributed by atoms with Gasteiger partial charge in [0.05, 0.1) is 5.54 Å². The minimum atomic E-state index is 0.126. The smallest absolute Gasteiger partial charge is 0.321 e. The Morgan fingerprint density at radius 2 is 1.88 bits per heavy atom. The normalized spacial score (nSPS) is 25.8. The maximum absolute atomic E-state index is 9.93. The molecule has 9 heteroatoms. The van der Waals surface area contributed by atoms with Crippen molar-refractivity contribution in [3.05, 3.63) is 24.3 Å². The van der Waals surface area contributed by atoms with E-state index in [9.17, 15) is 5.11 Å². The molecular weight excluding hydrogens is 432 g/mol. The van der Waals surface area contributed by atoms with Gasteiger partial charge in [0.1, 0.15) is 12.4 Å². The fourth-order valence-electron chi connectivity index (χ4n) is 6.47. The molecule has 0 amide bonds. The highest BCUT2D eigenvalue weighted by molar-refractivity contribution is 5.84. The molecule has 7 rings (SSSR count). The van der Waals surface area contributed by atoms with Gasteiger partial charge in [0.2, 0.25) is 5.89 Å². The van der Waals surface area contributed by atoms with Gasteiger partial charge in [-0.1, -0.05) is 6.07 Å². The van der Waals surface area contributed by atoms with E-state index in [4.69, 9.17) is 19.1 Å². The number of aromatic nitrogens is 3. The van der Waals surface area contributed by atoms with Crippen molar-refractivity contribution in [2.75, 3.05) is 37.7 Å². The number of phenols is 1.